The van der Waals surface area contributed by atoms with Crippen LogP contribution in [0.25, 0.3) is 15.9 Å². The molecule has 7 nitrogen and oxygen atoms in total. The van der Waals surface area contributed by atoms with Crippen LogP contribution in [-0.2, 0) is 0 Å². The second-order valence-corrected chi connectivity index (χ2v) is 8.25. The number of aromatic nitrogens is 4. The maximum Gasteiger partial charge on any atom is 0.272 e. The highest BCUT2D eigenvalue weighted by Crippen LogP contribution is 2.30. The molecular weight excluding hydrogens is 403 g/mol. The number of pyridine rings is 1. The Bertz CT molecular complexity index is 1190. The van der Waals surface area contributed by atoms with Crippen molar-refractivity contribution in [2.75, 3.05) is 5.32 Å². The zero-order valence-corrected chi connectivity index (χ0v) is 16.8. The monoisotopic (exact) mass is 422 g/mol. The molecule has 0 radical (unpaired) electrons. The third-order valence-electron chi connectivity index (χ3n) is 5.24. The van der Waals surface area contributed by atoms with Crippen LogP contribution in [0.5, 0.6) is 0 Å². The number of thiazole rings is 1. The summed E-state index contributed by atoms with van der Waals surface area (Å²) in [4.78, 5) is 21.8. The summed E-state index contributed by atoms with van der Waals surface area (Å²) in [6, 6.07) is 9.99. The van der Waals surface area contributed by atoms with E-state index in [-0.39, 0.29) is 23.8 Å². The van der Waals surface area contributed by atoms with Crippen LogP contribution in [0.1, 0.15) is 29.8 Å². The van der Waals surface area contributed by atoms with Crippen molar-refractivity contribution in [2.24, 2.45) is 0 Å². The summed E-state index contributed by atoms with van der Waals surface area (Å²) in [6.07, 6.45) is 7.83. The number of nitrogens with one attached hydrogen (secondary N) is 2. The molecule has 1 aliphatic rings. The molecule has 1 aliphatic carbocycles. The van der Waals surface area contributed by atoms with Gasteiger partial charge in [-0.1, -0.05) is 11.3 Å². The fourth-order valence-corrected chi connectivity index (χ4v) is 4.78. The lowest BCUT2D eigenvalue weighted by atomic mass is 10.1. The van der Waals surface area contributed by atoms with Gasteiger partial charge in [0.15, 0.2) is 10.8 Å². The Labute approximate surface area is 176 Å². The van der Waals surface area contributed by atoms with E-state index in [0.29, 0.717) is 11.4 Å². The van der Waals surface area contributed by atoms with E-state index in [1.165, 1.54) is 23.5 Å². The van der Waals surface area contributed by atoms with Crippen LogP contribution in [0, 0.1) is 5.82 Å². The number of hydrogen-bond acceptors (Lipinski definition) is 6. The molecule has 2 N–H and O–H groups in total. The van der Waals surface area contributed by atoms with Crippen molar-refractivity contribution in [1.82, 2.24) is 25.1 Å². The van der Waals surface area contributed by atoms with Gasteiger partial charge in [0.1, 0.15) is 5.82 Å². The van der Waals surface area contributed by atoms with Crippen molar-refractivity contribution in [2.45, 2.75) is 31.3 Å². The lowest BCUT2D eigenvalue weighted by Gasteiger charge is -2.22. The minimum absolute atomic E-state index is 0.0475. The first-order valence-corrected chi connectivity index (χ1v) is 10.6. The van der Waals surface area contributed by atoms with Crippen LogP contribution in [0.15, 0.2) is 55.0 Å². The molecule has 3 heterocycles. The van der Waals surface area contributed by atoms with Crippen LogP contribution in [0.2, 0.25) is 0 Å². The number of fused-ring (bicyclic) bond motifs is 1. The van der Waals surface area contributed by atoms with Gasteiger partial charge in [0.2, 0.25) is 0 Å². The van der Waals surface area contributed by atoms with E-state index in [1.807, 2.05) is 6.07 Å². The number of anilines is 1. The quantitative estimate of drug-likeness (QED) is 0.511. The van der Waals surface area contributed by atoms with E-state index in [4.69, 9.17) is 0 Å². The van der Waals surface area contributed by atoms with Crippen molar-refractivity contribution in [3.63, 3.8) is 0 Å². The number of carbonyl (C=O) groups is 1. The fourth-order valence-electron chi connectivity index (χ4n) is 3.83. The Morgan fingerprint density at radius 1 is 1.17 bits per heavy atom. The van der Waals surface area contributed by atoms with E-state index < -0.39 is 0 Å². The van der Waals surface area contributed by atoms with Crippen molar-refractivity contribution in [3.8, 4) is 5.69 Å². The highest BCUT2D eigenvalue weighted by Gasteiger charge is 2.30. The lowest BCUT2D eigenvalue weighted by Crippen LogP contribution is -2.43. The van der Waals surface area contributed by atoms with E-state index >= 15 is 0 Å². The van der Waals surface area contributed by atoms with Gasteiger partial charge in [-0.25, -0.2) is 19.0 Å². The van der Waals surface area contributed by atoms with Gasteiger partial charge in [0.25, 0.3) is 5.91 Å². The molecule has 152 valence electrons. The maximum absolute atomic E-state index is 13.5. The van der Waals surface area contributed by atoms with Gasteiger partial charge in [-0.15, -0.1) is 0 Å². The molecule has 0 bridgehead atoms. The predicted molar refractivity (Wildman–Crippen MR) is 113 cm³/mol. The zero-order chi connectivity index (χ0) is 20.5. The molecular formula is C21H19FN6OS. The number of halogens is 1. The van der Waals surface area contributed by atoms with Gasteiger partial charge in [0, 0.05) is 30.7 Å². The van der Waals surface area contributed by atoms with E-state index in [2.05, 4.69) is 25.7 Å². The third kappa shape index (κ3) is 3.63. The predicted octanol–water partition coefficient (Wildman–Crippen LogP) is 3.78. The molecule has 2 atom stereocenters. The molecule has 1 fully saturated rings. The van der Waals surface area contributed by atoms with Gasteiger partial charge in [-0.05, 0) is 55.7 Å². The Morgan fingerprint density at radius 2 is 2.07 bits per heavy atom. The van der Waals surface area contributed by atoms with Gasteiger partial charge in [0.05, 0.1) is 15.9 Å². The van der Waals surface area contributed by atoms with Crippen LogP contribution in [0.3, 0.4) is 0 Å². The minimum Gasteiger partial charge on any atom is -0.357 e. The molecule has 2 unspecified atom stereocenters. The van der Waals surface area contributed by atoms with Crippen molar-refractivity contribution >= 4 is 32.6 Å². The number of rotatable bonds is 5. The molecule has 30 heavy (non-hydrogen) atoms. The summed E-state index contributed by atoms with van der Waals surface area (Å²) in [5.41, 5.74) is 1.73. The first-order chi connectivity index (χ1) is 14.7. The fraction of sp³-hybridized carbons (Fsp3) is 0.238. The number of nitrogens with zero attached hydrogens (tertiary/aromatic N) is 4. The Kier molecular flexibility index (Phi) is 4.88. The summed E-state index contributed by atoms with van der Waals surface area (Å²) < 4.78 is 15.9. The second kappa shape index (κ2) is 7.83. The second-order valence-electron chi connectivity index (χ2n) is 7.21. The number of benzene rings is 1. The molecule has 5 rings (SSSR count). The summed E-state index contributed by atoms with van der Waals surface area (Å²) in [7, 11) is 0. The lowest BCUT2D eigenvalue weighted by molar-refractivity contribution is 0.0930. The smallest absolute Gasteiger partial charge is 0.272 e. The molecule has 1 saturated carbocycles. The summed E-state index contributed by atoms with van der Waals surface area (Å²) >= 11 is 1.42. The van der Waals surface area contributed by atoms with Gasteiger partial charge >= 0.3 is 0 Å². The molecule has 0 saturated heterocycles. The Hall–Kier alpha value is -3.33. The number of carbonyl (C=O) groups excluding carboxylic acids is 1. The Balaban J connectivity index is 1.33. The van der Waals surface area contributed by atoms with Crippen LogP contribution in [-0.4, -0.2) is 37.7 Å². The third-order valence-corrected chi connectivity index (χ3v) is 6.19. The van der Waals surface area contributed by atoms with E-state index in [9.17, 15) is 9.18 Å². The highest BCUT2D eigenvalue weighted by molar-refractivity contribution is 7.22. The maximum atomic E-state index is 13.5. The van der Waals surface area contributed by atoms with Crippen molar-refractivity contribution in [1.29, 1.82) is 0 Å². The van der Waals surface area contributed by atoms with Crippen molar-refractivity contribution in [3.05, 3.63) is 66.5 Å². The molecule has 3 aromatic heterocycles. The van der Waals surface area contributed by atoms with Gasteiger partial charge in [-0.3, -0.25) is 4.79 Å². The summed E-state index contributed by atoms with van der Waals surface area (Å²) in [5.74, 6) is -0.502. The average Bonchev–Trinajstić information content (AvgIpc) is 3.49. The molecule has 0 aliphatic heterocycles. The molecule has 1 amide bonds. The SMILES string of the molecule is O=C(NC1CCCC1Nc1nc2ccc(F)cc2s1)c1ncccc1-n1cccn1. The van der Waals surface area contributed by atoms with Crippen molar-refractivity contribution < 1.29 is 9.18 Å². The van der Waals surface area contributed by atoms with E-state index in [0.717, 1.165) is 34.6 Å². The standard InChI is InChI=1S/C21H19FN6OS/c22-13-7-8-16-18(12-13)30-21(27-16)26-15-5-1-4-14(15)25-20(29)19-17(6-2-9-23-19)28-11-3-10-24-28/h2-3,6-12,14-15H,1,4-5H2,(H,25,29)(H,26,27). The summed E-state index contributed by atoms with van der Waals surface area (Å²) in [6.45, 7) is 0. The zero-order valence-electron chi connectivity index (χ0n) is 16.0. The Morgan fingerprint density at radius 3 is 2.93 bits per heavy atom. The van der Waals surface area contributed by atoms with Crippen LogP contribution < -0.4 is 10.6 Å². The highest BCUT2D eigenvalue weighted by atomic mass is 32.1. The molecule has 1 aromatic carbocycles. The molecule has 4 aromatic rings. The topological polar surface area (TPSA) is 84.7 Å². The minimum atomic E-state index is -0.271. The van der Waals surface area contributed by atoms with Crippen LogP contribution in [0.4, 0.5) is 9.52 Å². The van der Waals surface area contributed by atoms with E-state index in [1.54, 1.807) is 41.5 Å². The first-order valence-electron chi connectivity index (χ1n) is 9.76. The number of hydrogen-bond donors (Lipinski definition) is 2. The average molecular weight is 422 g/mol. The van der Waals surface area contributed by atoms with Crippen LogP contribution >= 0.6 is 11.3 Å². The largest absolute Gasteiger partial charge is 0.357 e. The molecule has 9 heteroatoms. The molecule has 0 spiro atoms. The normalized spacial score (nSPS) is 18.6. The summed E-state index contributed by atoms with van der Waals surface area (Å²) in [5, 5.41) is 11.5. The number of amides is 1. The van der Waals surface area contributed by atoms with Gasteiger partial charge in [-0.2, -0.15) is 5.10 Å². The first kappa shape index (κ1) is 18.7. The van der Waals surface area contributed by atoms with Gasteiger partial charge < -0.3 is 10.6 Å².